The minimum Gasteiger partial charge on any atom is -0.474 e. The topological polar surface area (TPSA) is 80.3 Å². The molecular formula is C17H25N3O3. The van der Waals surface area contributed by atoms with Gasteiger partial charge in [-0.05, 0) is 37.3 Å². The van der Waals surface area contributed by atoms with Gasteiger partial charge in [-0.15, -0.1) is 0 Å². The van der Waals surface area contributed by atoms with Crippen LogP contribution >= 0.6 is 0 Å². The molecule has 1 fully saturated rings. The molecule has 0 aliphatic heterocycles. The van der Waals surface area contributed by atoms with Crippen LogP contribution in [-0.2, 0) is 16.1 Å². The molecule has 1 aliphatic rings. The molecule has 1 heterocycles. The maximum atomic E-state index is 11.7. The summed E-state index contributed by atoms with van der Waals surface area (Å²) in [6.45, 7) is 2.22. The molecule has 0 bridgehead atoms. The van der Waals surface area contributed by atoms with Crippen LogP contribution in [-0.4, -0.2) is 29.4 Å². The third kappa shape index (κ3) is 6.67. The van der Waals surface area contributed by atoms with Crippen LogP contribution in [0.3, 0.4) is 0 Å². The quantitative estimate of drug-likeness (QED) is 0.805. The molecule has 1 saturated carbocycles. The second kappa shape index (κ2) is 9.12. The molecule has 0 atom stereocenters. The van der Waals surface area contributed by atoms with Crippen molar-refractivity contribution in [2.45, 2.75) is 58.1 Å². The fraction of sp³-hybridized carbons (Fsp3) is 0.588. The van der Waals surface area contributed by atoms with Crippen LogP contribution in [0.15, 0.2) is 18.3 Å². The number of amides is 2. The number of ether oxygens (including phenoxy) is 1. The van der Waals surface area contributed by atoms with Gasteiger partial charge in [0.1, 0.15) is 6.10 Å². The summed E-state index contributed by atoms with van der Waals surface area (Å²) in [5.74, 6) is 0.406. The number of rotatable bonds is 7. The monoisotopic (exact) mass is 319 g/mol. The summed E-state index contributed by atoms with van der Waals surface area (Å²) in [5, 5.41) is 5.43. The molecule has 0 aromatic carbocycles. The van der Waals surface area contributed by atoms with Crippen LogP contribution < -0.4 is 15.4 Å². The number of nitrogens with zero attached hydrogens (tertiary/aromatic N) is 1. The minimum absolute atomic E-state index is 0.0923. The molecule has 2 rings (SSSR count). The van der Waals surface area contributed by atoms with E-state index in [1.807, 2.05) is 12.1 Å². The summed E-state index contributed by atoms with van der Waals surface area (Å²) < 4.78 is 5.92. The number of hydrogen-bond acceptors (Lipinski definition) is 4. The summed E-state index contributed by atoms with van der Waals surface area (Å²) in [6.07, 6.45) is 8.14. The predicted molar refractivity (Wildman–Crippen MR) is 86.9 cm³/mol. The Hall–Kier alpha value is -2.11. The van der Waals surface area contributed by atoms with Crippen molar-refractivity contribution in [2.75, 3.05) is 6.54 Å². The zero-order valence-electron chi connectivity index (χ0n) is 13.6. The first-order valence-electron chi connectivity index (χ1n) is 8.26. The predicted octanol–water partition coefficient (Wildman–Crippen LogP) is 1.94. The van der Waals surface area contributed by atoms with Gasteiger partial charge in [-0.25, -0.2) is 4.98 Å². The smallest absolute Gasteiger partial charge is 0.222 e. The van der Waals surface area contributed by atoms with Gasteiger partial charge in [0.15, 0.2) is 0 Å². The van der Waals surface area contributed by atoms with Crippen molar-refractivity contribution < 1.29 is 14.3 Å². The van der Waals surface area contributed by atoms with Crippen LogP contribution in [0, 0.1) is 0 Å². The average Bonchev–Trinajstić information content (AvgIpc) is 2.54. The lowest BCUT2D eigenvalue weighted by atomic mass is 9.98. The summed E-state index contributed by atoms with van der Waals surface area (Å²) in [5.41, 5.74) is 0.957. The molecular weight excluding hydrogens is 294 g/mol. The van der Waals surface area contributed by atoms with Crippen molar-refractivity contribution >= 4 is 11.8 Å². The fourth-order valence-electron chi connectivity index (χ4n) is 2.62. The second-order valence-electron chi connectivity index (χ2n) is 5.89. The highest BCUT2D eigenvalue weighted by Crippen LogP contribution is 2.22. The van der Waals surface area contributed by atoms with E-state index < -0.39 is 0 Å². The maximum Gasteiger partial charge on any atom is 0.222 e. The molecule has 0 spiro atoms. The molecule has 23 heavy (non-hydrogen) atoms. The number of nitrogens with one attached hydrogen (secondary N) is 2. The Balaban J connectivity index is 1.75. The third-order valence-electron chi connectivity index (χ3n) is 3.85. The van der Waals surface area contributed by atoms with Crippen molar-refractivity contribution in [2.24, 2.45) is 0 Å². The van der Waals surface area contributed by atoms with Gasteiger partial charge in [-0.2, -0.15) is 0 Å². The van der Waals surface area contributed by atoms with Gasteiger partial charge in [0.2, 0.25) is 17.7 Å². The van der Waals surface area contributed by atoms with E-state index in [4.69, 9.17) is 4.74 Å². The molecule has 1 aliphatic carbocycles. The molecule has 0 saturated heterocycles. The van der Waals surface area contributed by atoms with E-state index in [9.17, 15) is 9.59 Å². The molecule has 6 nitrogen and oxygen atoms in total. The first-order chi connectivity index (χ1) is 11.1. The van der Waals surface area contributed by atoms with Gasteiger partial charge >= 0.3 is 0 Å². The Morgan fingerprint density at radius 1 is 1.26 bits per heavy atom. The van der Waals surface area contributed by atoms with Crippen LogP contribution in [0.4, 0.5) is 0 Å². The minimum atomic E-state index is -0.128. The molecule has 2 N–H and O–H groups in total. The van der Waals surface area contributed by atoms with E-state index in [-0.39, 0.29) is 24.3 Å². The lowest BCUT2D eigenvalue weighted by molar-refractivity contribution is -0.121. The molecule has 0 radical (unpaired) electrons. The Bertz CT molecular complexity index is 528. The Kier molecular flexibility index (Phi) is 6.84. The van der Waals surface area contributed by atoms with Gasteiger partial charge in [0.05, 0.1) is 0 Å². The lowest BCUT2D eigenvalue weighted by Crippen LogP contribution is -2.29. The molecule has 6 heteroatoms. The Labute approximate surface area is 137 Å². The van der Waals surface area contributed by atoms with E-state index in [1.165, 1.54) is 26.2 Å². The van der Waals surface area contributed by atoms with Crippen LogP contribution in [0.25, 0.3) is 0 Å². The fourth-order valence-corrected chi connectivity index (χ4v) is 2.62. The number of pyridine rings is 1. The molecule has 2 amide bonds. The maximum absolute atomic E-state index is 11.7. The normalized spacial score (nSPS) is 15.0. The zero-order chi connectivity index (χ0) is 16.5. The molecule has 0 unspecified atom stereocenters. The van der Waals surface area contributed by atoms with Gasteiger partial charge in [-0.1, -0.05) is 6.42 Å². The van der Waals surface area contributed by atoms with E-state index in [2.05, 4.69) is 15.6 Å². The molecule has 1 aromatic rings. The standard InChI is InChI=1S/C17H25N3O3/c1-13(21)18-10-8-16(22)20-12-14-7-9-19-17(11-14)23-15-5-3-2-4-6-15/h7,9,11,15H,2-6,8,10,12H2,1H3,(H,18,21)(H,20,22). The van der Waals surface area contributed by atoms with Crippen molar-refractivity contribution in [3.63, 3.8) is 0 Å². The van der Waals surface area contributed by atoms with Gasteiger partial charge in [0.25, 0.3) is 0 Å². The van der Waals surface area contributed by atoms with Crippen molar-refractivity contribution in [1.29, 1.82) is 0 Å². The number of carbonyl (C=O) groups is 2. The second-order valence-corrected chi connectivity index (χ2v) is 5.89. The molecule has 126 valence electrons. The van der Waals surface area contributed by atoms with Crippen LogP contribution in [0.1, 0.15) is 51.0 Å². The summed E-state index contributed by atoms with van der Waals surface area (Å²) in [7, 11) is 0. The van der Waals surface area contributed by atoms with Crippen molar-refractivity contribution in [1.82, 2.24) is 15.6 Å². The summed E-state index contributed by atoms with van der Waals surface area (Å²) in [4.78, 5) is 26.7. The first kappa shape index (κ1) is 17.2. The van der Waals surface area contributed by atoms with Crippen LogP contribution in [0.2, 0.25) is 0 Å². The van der Waals surface area contributed by atoms with Gasteiger partial charge in [0, 0.05) is 38.7 Å². The van der Waals surface area contributed by atoms with Crippen molar-refractivity contribution in [3.8, 4) is 5.88 Å². The Morgan fingerprint density at radius 2 is 2.04 bits per heavy atom. The van der Waals surface area contributed by atoms with E-state index >= 15 is 0 Å². The number of hydrogen-bond donors (Lipinski definition) is 2. The van der Waals surface area contributed by atoms with E-state index in [0.29, 0.717) is 19.0 Å². The summed E-state index contributed by atoms with van der Waals surface area (Å²) in [6, 6.07) is 3.74. The van der Waals surface area contributed by atoms with Crippen LogP contribution in [0.5, 0.6) is 5.88 Å². The SMILES string of the molecule is CC(=O)NCCC(=O)NCc1ccnc(OC2CCCCC2)c1. The van der Waals surface area contributed by atoms with E-state index in [0.717, 1.165) is 18.4 Å². The first-order valence-corrected chi connectivity index (χ1v) is 8.26. The highest BCUT2D eigenvalue weighted by molar-refractivity contribution is 5.77. The lowest BCUT2D eigenvalue weighted by Gasteiger charge is -2.22. The number of carbonyl (C=O) groups excluding carboxylic acids is 2. The number of aromatic nitrogens is 1. The Morgan fingerprint density at radius 3 is 2.78 bits per heavy atom. The largest absolute Gasteiger partial charge is 0.474 e. The highest BCUT2D eigenvalue weighted by atomic mass is 16.5. The summed E-state index contributed by atoms with van der Waals surface area (Å²) >= 11 is 0. The van der Waals surface area contributed by atoms with Gasteiger partial charge in [-0.3, -0.25) is 9.59 Å². The highest BCUT2D eigenvalue weighted by Gasteiger charge is 2.15. The zero-order valence-corrected chi connectivity index (χ0v) is 13.6. The third-order valence-corrected chi connectivity index (χ3v) is 3.85. The molecule has 1 aromatic heterocycles. The average molecular weight is 319 g/mol. The van der Waals surface area contributed by atoms with E-state index in [1.54, 1.807) is 6.20 Å². The van der Waals surface area contributed by atoms with Gasteiger partial charge < -0.3 is 15.4 Å². The van der Waals surface area contributed by atoms with Crippen molar-refractivity contribution in [3.05, 3.63) is 23.9 Å².